The second-order valence-corrected chi connectivity index (χ2v) is 5.40. The molecular weight excluding hydrogens is 308 g/mol. The Bertz CT molecular complexity index is 884. The highest BCUT2D eigenvalue weighted by Crippen LogP contribution is 2.06. The molecule has 3 rings (SSSR count). The first-order valence-corrected chi connectivity index (χ1v) is 7.37. The van der Waals surface area contributed by atoms with Gasteiger partial charge in [-0.15, -0.1) is 5.10 Å². The summed E-state index contributed by atoms with van der Waals surface area (Å²) in [6.07, 6.45) is 3.03. The Morgan fingerprint density at radius 1 is 1.21 bits per heavy atom. The predicted octanol–water partition coefficient (Wildman–Crippen LogP) is 0.830. The molecule has 0 aliphatic rings. The number of nitrogens with zero attached hydrogens (tertiary/aromatic N) is 5. The van der Waals surface area contributed by atoms with Gasteiger partial charge in [0.25, 0.3) is 5.56 Å². The van der Waals surface area contributed by atoms with E-state index < -0.39 is 0 Å². The van der Waals surface area contributed by atoms with Crippen LogP contribution in [0.4, 0.5) is 5.69 Å². The van der Waals surface area contributed by atoms with Crippen LogP contribution < -0.4 is 10.9 Å². The number of carbonyl (C=O) groups excluding carboxylic acids is 1. The Morgan fingerprint density at radius 2 is 2.00 bits per heavy atom. The molecule has 0 aliphatic carbocycles. The van der Waals surface area contributed by atoms with Crippen molar-refractivity contribution in [2.75, 3.05) is 5.32 Å². The number of carbonyl (C=O) groups is 1. The molecule has 0 unspecified atom stereocenters. The summed E-state index contributed by atoms with van der Waals surface area (Å²) in [5.41, 5.74) is 2.14. The summed E-state index contributed by atoms with van der Waals surface area (Å²) in [5.74, 6) is -0.368. The van der Waals surface area contributed by atoms with Crippen molar-refractivity contribution >= 4 is 11.6 Å². The van der Waals surface area contributed by atoms with E-state index in [9.17, 15) is 9.59 Å². The number of tetrazole rings is 1. The molecule has 122 valence electrons. The molecule has 1 aromatic carbocycles. The average Bonchev–Trinajstić information content (AvgIpc) is 3.06. The Kier molecular flexibility index (Phi) is 4.46. The molecule has 0 saturated carbocycles. The first kappa shape index (κ1) is 15.6. The highest BCUT2D eigenvalue weighted by atomic mass is 16.2. The summed E-state index contributed by atoms with van der Waals surface area (Å²) in [6.45, 7) is 2.39. The van der Waals surface area contributed by atoms with Crippen LogP contribution in [0.2, 0.25) is 0 Å². The van der Waals surface area contributed by atoms with Gasteiger partial charge in [-0.25, -0.2) is 4.68 Å². The molecule has 0 spiro atoms. The van der Waals surface area contributed by atoms with Crippen molar-refractivity contribution in [3.63, 3.8) is 0 Å². The molecule has 8 nitrogen and oxygen atoms in total. The summed E-state index contributed by atoms with van der Waals surface area (Å²) in [6, 6.07) is 11.2. The van der Waals surface area contributed by atoms with Gasteiger partial charge in [-0.05, 0) is 35.0 Å². The number of nitrogens with one attached hydrogen (secondary N) is 1. The highest BCUT2D eigenvalue weighted by Gasteiger charge is 2.09. The van der Waals surface area contributed by atoms with E-state index in [1.54, 1.807) is 22.9 Å². The first-order chi connectivity index (χ1) is 11.6. The smallest absolute Gasteiger partial charge is 0.274 e. The monoisotopic (exact) mass is 324 g/mol. The van der Waals surface area contributed by atoms with Crippen LogP contribution in [-0.2, 0) is 17.9 Å². The zero-order valence-electron chi connectivity index (χ0n) is 13.1. The summed E-state index contributed by atoms with van der Waals surface area (Å²) in [7, 11) is 0. The molecule has 2 aromatic heterocycles. The van der Waals surface area contributed by atoms with Gasteiger partial charge in [0.2, 0.25) is 5.91 Å². The number of hydrogen-bond acceptors (Lipinski definition) is 5. The van der Waals surface area contributed by atoms with E-state index in [0.717, 1.165) is 11.1 Å². The van der Waals surface area contributed by atoms with Gasteiger partial charge in [0.15, 0.2) is 0 Å². The van der Waals surface area contributed by atoms with Gasteiger partial charge in [0.1, 0.15) is 18.6 Å². The Balaban J connectivity index is 1.74. The minimum Gasteiger partial charge on any atom is -0.320 e. The van der Waals surface area contributed by atoms with Gasteiger partial charge < -0.3 is 9.88 Å². The summed E-state index contributed by atoms with van der Waals surface area (Å²) < 4.78 is 2.83. The van der Waals surface area contributed by atoms with Gasteiger partial charge >= 0.3 is 0 Å². The molecule has 0 saturated heterocycles. The minimum absolute atomic E-state index is 0.0563. The normalized spacial score (nSPS) is 10.5. The quantitative estimate of drug-likeness (QED) is 0.750. The number of anilines is 1. The van der Waals surface area contributed by atoms with Gasteiger partial charge in [0, 0.05) is 6.20 Å². The van der Waals surface area contributed by atoms with Gasteiger partial charge in [0.05, 0.1) is 6.54 Å². The van der Waals surface area contributed by atoms with Crippen LogP contribution in [0.1, 0.15) is 11.1 Å². The van der Waals surface area contributed by atoms with E-state index in [1.165, 1.54) is 11.0 Å². The lowest BCUT2D eigenvalue weighted by molar-refractivity contribution is -0.116. The molecule has 24 heavy (non-hydrogen) atoms. The summed E-state index contributed by atoms with van der Waals surface area (Å²) in [4.78, 5) is 24.4. The maximum atomic E-state index is 12.5. The van der Waals surface area contributed by atoms with E-state index in [4.69, 9.17) is 0 Å². The van der Waals surface area contributed by atoms with E-state index in [2.05, 4.69) is 20.8 Å². The van der Waals surface area contributed by atoms with Crippen LogP contribution in [0.5, 0.6) is 0 Å². The Morgan fingerprint density at radius 3 is 2.71 bits per heavy atom. The lowest BCUT2D eigenvalue weighted by Gasteiger charge is -2.09. The maximum absolute atomic E-state index is 12.5. The molecule has 0 fully saturated rings. The Labute approximate surface area is 137 Å². The zero-order valence-corrected chi connectivity index (χ0v) is 13.1. The van der Waals surface area contributed by atoms with Crippen molar-refractivity contribution in [1.29, 1.82) is 0 Å². The minimum atomic E-state index is -0.368. The largest absolute Gasteiger partial charge is 0.320 e. The van der Waals surface area contributed by atoms with Crippen LogP contribution in [0.15, 0.2) is 53.7 Å². The third-order valence-corrected chi connectivity index (χ3v) is 3.46. The first-order valence-electron chi connectivity index (χ1n) is 7.37. The molecule has 3 aromatic rings. The standard InChI is InChI=1S/C16H16N6O2/c1-12-4-6-13(7-5-12)9-21-8-2-3-14(16(21)24)18-15(23)10-22-11-17-19-20-22/h2-8,11H,9-10H2,1H3,(H,18,23). The van der Waals surface area contributed by atoms with Crippen molar-refractivity contribution in [2.24, 2.45) is 0 Å². The summed E-state index contributed by atoms with van der Waals surface area (Å²) in [5, 5.41) is 13.1. The highest BCUT2D eigenvalue weighted by molar-refractivity contribution is 5.90. The molecule has 0 aliphatic heterocycles. The van der Waals surface area contributed by atoms with Gasteiger partial charge in [-0.1, -0.05) is 29.8 Å². The fourth-order valence-corrected chi connectivity index (χ4v) is 2.24. The van der Waals surface area contributed by atoms with Crippen LogP contribution in [0.3, 0.4) is 0 Å². The van der Waals surface area contributed by atoms with Gasteiger partial charge in [-0.3, -0.25) is 9.59 Å². The van der Waals surface area contributed by atoms with Crippen LogP contribution in [0.25, 0.3) is 0 Å². The molecule has 8 heteroatoms. The molecule has 0 bridgehead atoms. The van der Waals surface area contributed by atoms with Crippen molar-refractivity contribution in [1.82, 2.24) is 24.8 Å². The zero-order chi connectivity index (χ0) is 16.9. The van der Waals surface area contributed by atoms with E-state index >= 15 is 0 Å². The molecule has 1 amide bonds. The van der Waals surface area contributed by atoms with Crippen LogP contribution >= 0.6 is 0 Å². The number of aryl methyl sites for hydroxylation is 1. The topological polar surface area (TPSA) is 94.7 Å². The average molecular weight is 324 g/mol. The molecule has 1 N–H and O–H groups in total. The summed E-state index contributed by atoms with van der Waals surface area (Å²) >= 11 is 0. The number of amides is 1. The van der Waals surface area contributed by atoms with Crippen LogP contribution in [0, 0.1) is 6.92 Å². The SMILES string of the molecule is Cc1ccc(Cn2cccc(NC(=O)Cn3cnnn3)c2=O)cc1. The van der Waals surface area contributed by atoms with Crippen molar-refractivity contribution in [2.45, 2.75) is 20.0 Å². The van der Waals surface area contributed by atoms with Crippen molar-refractivity contribution < 1.29 is 4.79 Å². The second kappa shape index (κ2) is 6.86. The maximum Gasteiger partial charge on any atom is 0.274 e. The number of benzene rings is 1. The number of hydrogen-bond donors (Lipinski definition) is 1. The number of aromatic nitrogens is 5. The third-order valence-electron chi connectivity index (χ3n) is 3.46. The molecule has 0 radical (unpaired) electrons. The van der Waals surface area contributed by atoms with E-state index in [-0.39, 0.29) is 23.7 Å². The lowest BCUT2D eigenvalue weighted by Crippen LogP contribution is -2.27. The molecule has 2 heterocycles. The fourth-order valence-electron chi connectivity index (χ4n) is 2.24. The van der Waals surface area contributed by atoms with Gasteiger partial charge in [-0.2, -0.15) is 0 Å². The molecule has 0 atom stereocenters. The molecular formula is C16H16N6O2. The number of rotatable bonds is 5. The second-order valence-electron chi connectivity index (χ2n) is 5.40. The fraction of sp³-hybridized carbons (Fsp3) is 0.188. The van der Waals surface area contributed by atoms with Crippen LogP contribution in [-0.4, -0.2) is 30.7 Å². The van der Waals surface area contributed by atoms with Crippen molar-refractivity contribution in [3.05, 3.63) is 70.4 Å². The van der Waals surface area contributed by atoms with E-state index in [0.29, 0.717) is 6.54 Å². The third kappa shape index (κ3) is 3.72. The Hall–Kier alpha value is -3.29. The lowest BCUT2D eigenvalue weighted by atomic mass is 10.1. The van der Waals surface area contributed by atoms with Crippen molar-refractivity contribution in [3.8, 4) is 0 Å². The predicted molar refractivity (Wildman–Crippen MR) is 87.4 cm³/mol. The number of pyridine rings is 1. The van der Waals surface area contributed by atoms with E-state index in [1.807, 2.05) is 31.2 Å².